The van der Waals surface area contributed by atoms with Gasteiger partial charge in [-0.2, -0.15) is 0 Å². The van der Waals surface area contributed by atoms with Crippen molar-refractivity contribution in [3.63, 3.8) is 0 Å². The maximum Gasteiger partial charge on any atom is 0.258 e. The lowest BCUT2D eigenvalue weighted by Crippen LogP contribution is -2.33. The standard InChI is InChI=1S/C11H14N2O5S/c1-2-5-3-13(11(19)12-9(5)17)10-8(16)7(15)6(4-14)18-10/h2-3,6-8,10,14-16H,1,4H2,(H,12,17,19)/t6-,7-,8-,10-/m1/s1. The molecular formula is C11H14N2O5S. The normalized spacial score (nSPS) is 30.5. The van der Waals surface area contributed by atoms with Crippen LogP contribution < -0.4 is 5.56 Å². The molecular weight excluding hydrogens is 272 g/mol. The highest BCUT2D eigenvalue weighted by molar-refractivity contribution is 7.71. The zero-order valence-electron chi connectivity index (χ0n) is 9.89. The summed E-state index contributed by atoms with van der Waals surface area (Å²) in [6.07, 6.45) is -1.64. The fraction of sp³-hybridized carbons (Fsp3) is 0.455. The Bertz CT molecular complexity index is 595. The highest BCUT2D eigenvalue weighted by Gasteiger charge is 2.43. The predicted molar refractivity (Wildman–Crippen MR) is 69.0 cm³/mol. The first-order valence-electron chi connectivity index (χ1n) is 5.60. The summed E-state index contributed by atoms with van der Waals surface area (Å²) in [4.78, 5) is 13.9. The van der Waals surface area contributed by atoms with Crippen LogP contribution in [-0.4, -0.2) is 49.8 Å². The summed E-state index contributed by atoms with van der Waals surface area (Å²) in [5.74, 6) is 0. The number of rotatable bonds is 3. The first-order chi connectivity index (χ1) is 8.99. The minimum absolute atomic E-state index is 0.0467. The van der Waals surface area contributed by atoms with E-state index in [1.54, 1.807) is 0 Å². The van der Waals surface area contributed by atoms with Gasteiger partial charge in [-0.15, -0.1) is 0 Å². The van der Waals surface area contributed by atoms with Crippen molar-refractivity contribution in [2.45, 2.75) is 24.5 Å². The summed E-state index contributed by atoms with van der Waals surface area (Å²) in [6, 6.07) is 0. The number of aliphatic hydroxyl groups is 3. The Morgan fingerprint density at radius 1 is 1.53 bits per heavy atom. The van der Waals surface area contributed by atoms with E-state index in [2.05, 4.69) is 11.6 Å². The van der Waals surface area contributed by atoms with Gasteiger partial charge in [0.05, 0.1) is 12.2 Å². The Labute approximate surface area is 113 Å². The van der Waals surface area contributed by atoms with Crippen LogP contribution in [0.15, 0.2) is 17.6 Å². The molecule has 2 heterocycles. The Kier molecular flexibility index (Phi) is 3.97. The van der Waals surface area contributed by atoms with Crippen molar-refractivity contribution < 1.29 is 20.1 Å². The van der Waals surface area contributed by atoms with E-state index in [0.717, 1.165) is 0 Å². The molecule has 1 aliphatic rings. The predicted octanol–water partition coefficient (Wildman–Crippen LogP) is -0.840. The van der Waals surface area contributed by atoms with Crippen molar-refractivity contribution in [3.05, 3.63) is 33.5 Å². The third kappa shape index (κ3) is 2.40. The summed E-state index contributed by atoms with van der Waals surface area (Å²) < 4.78 is 6.69. The molecule has 0 spiro atoms. The van der Waals surface area contributed by atoms with Crippen LogP contribution in [0.3, 0.4) is 0 Å². The number of ether oxygens (including phenoxy) is 1. The van der Waals surface area contributed by atoms with E-state index in [1.165, 1.54) is 16.8 Å². The second kappa shape index (κ2) is 5.35. The van der Waals surface area contributed by atoms with Gasteiger partial charge in [0, 0.05) is 6.20 Å². The van der Waals surface area contributed by atoms with Gasteiger partial charge in [0.15, 0.2) is 11.0 Å². The van der Waals surface area contributed by atoms with Crippen molar-refractivity contribution in [2.75, 3.05) is 6.61 Å². The summed E-state index contributed by atoms with van der Waals surface area (Å²) in [5, 5.41) is 28.6. The molecule has 1 aromatic rings. The molecule has 0 aromatic carbocycles. The lowest BCUT2D eigenvalue weighted by molar-refractivity contribution is -0.0541. The first kappa shape index (κ1) is 14.1. The van der Waals surface area contributed by atoms with Crippen LogP contribution in [0.1, 0.15) is 11.8 Å². The van der Waals surface area contributed by atoms with Gasteiger partial charge in [-0.1, -0.05) is 12.7 Å². The van der Waals surface area contributed by atoms with Crippen LogP contribution in [-0.2, 0) is 4.74 Å². The van der Waals surface area contributed by atoms with Gasteiger partial charge < -0.3 is 20.1 Å². The van der Waals surface area contributed by atoms with Crippen molar-refractivity contribution in [2.24, 2.45) is 0 Å². The Hall–Kier alpha value is -1.32. The minimum Gasteiger partial charge on any atom is -0.394 e. The second-order valence-corrected chi connectivity index (χ2v) is 4.57. The number of aliphatic hydroxyl groups excluding tert-OH is 3. The monoisotopic (exact) mass is 286 g/mol. The fourth-order valence-electron chi connectivity index (χ4n) is 1.95. The molecule has 0 unspecified atom stereocenters. The maximum atomic E-state index is 11.5. The largest absolute Gasteiger partial charge is 0.394 e. The lowest BCUT2D eigenvalue weighted by atomic mass is 10.1. The molecule has 1 aromatic heterocycles. The van der Waals surface area contributed by atoms with Crippen LogP contribution in [0.2, 0.25) is 0 Å². The van der Waals surface area contributed by atoms with E-state index in [1.807, 2.05) is 0 Å². The van der Waals surface area contributed by atoms with Gasteiger partial charge in [0.1, 0.15) is 18.3 Å². The average Bonchev–Trinajstić information content (AvgIpc) is 2.67. The van der Waals surface area contributed by atoms with Crippen LogP contribution >= 0.6 is 12.2 Å². The van der Waals surface area contributed by atoms with Crippen molar-refractivity contribution in [3.8, 4) is 0 Å². The highest BCUT2D eigenvalue weighted by atomic mass is 32.1. The lowest BCUT2D eigenvalue weighted by Gasteiger charge is -2.18. The Morgan fingerprint density at radius 3 is 2.74 bits per heavy atom. The minimum atomic E-state index is -1.26. The summed E-state index contributed by atoms with van der Waals surface area (Å²) >= 11 is 4.99. The number of aromatic amines is 1. The Morgan fingerprint density at radius 2 is 2.21 bits per heavy atom. The van der Waals surface area contributed by atoms with Gasteiger partial charge in [0.2, 0.25) is 0 Å². The Balaban J connectivity index is 2.46. The topological polar surface area (TPSA) is 108 Å². The molecule has 1 saturated heterocycles. The van der Waals surface area contributed by atoms with E-state index in [9.17, 15) is 15.0 Å². The number of nitrogens with zero attached hydrogens (tertiary/aromatic N) is 1. The summed E-state index contributed by atoms with van der Waals surface area (Å²) in [6.45, 7) is 3.06. The van der Waals surface area contributed by atoms with Crippen LogP contribution in [0, 0.1) is 4.77 Å². The van der Waals surface area contributed by atoms with Gasteiger partial charge in [-0.05, 0) is 12.2 Å². The number of H-pyrrole nitrogens is 1. The van der Waals surface area contributed by atoms with Crippen molar-refractivity contribution in [1.82, 2.24) is 9.55 Å². The van der Waals surface area contributed by atoms with Gasteiger partial charge in [-0.3, -0.25) is 14.3 Å². The summed E-state index contributed by atoms with van der Waals surface area (Å²) in [5.41, 5.74) is -0.144. The molecule has 0 radical (unpaired) electrons. The number of hydrogen-bond donors (Lipinski definition) is 4. The van der Waals surface area contributed by atoms with Crippen LogP contribution in [0.25, 0.3) is 6.08 Å². The zero-order chi connectivity index (χ0) is 14.2. The molecule has 7 nitrogen and oxygen atoms in total. The molecule has 0 bridgehead atoms. The first-order valence-corrected chi connectivity index (χ1v) is 6.00. The van der Waals surface area contributed by atoms with E-state index in [-0.39, 0.29) is 10.3 Å². The zero-order valence-corrected chi connectivity index (χ0v) is 10.7. The second-order valence-electron chi connectivity index (χ2n) is 4.18. The molecule has 0 saturated carbocycles. The fourth-order valence-corrected chi connectivity index (χ4v) is 2.19. The highest BCUT2D eigenvalue weighted by Crippen LogP contribution is 2.29. The van der Waals surface area contributed by atoms with E-state index in [0.29, 0.717) is 0 Å². The molecule has 1 fully saturated rings. The smallest absolute Gasteiger partial charge is 0.258 e. The third-order valence-electron chi connectivity index (χ3n) is 3.01. The SMILES string of the molecule is C=Cc1cn([C@@H]2O[C@H](CO)[C@@H](O)[C@H]2O)c(=S)[nH]c1=O. The summed E-state index contributed by atoms with van der Waals surface area (Å²) in [7, 11) is 0. The number of hydrogen-bond acceptors (Lipinski definition) is 6. The van der Waals surface area contributed by atoms with Crippen molar-refractivity contribution in [1.29, 1.82) is 0 Å². The van der Waals surface area contributed by atoms with Gasteiger partial charge in [0.25, 0.3) is 5.56 Å². The van der Waals surface area contributed by atoms with Crippen LogP contribution in [0.4, 0.5) is 0 Å². The van der Waals surface area contributed by atoms with Gasteiger partial charge in [-0.25, -0.2) is 0 Å². The quantitative estimate of drug-likeness (QED) is 0.540. The van der Waals surface area contributed by atoms with Gasteiger partial charge >= 0.3 is 0 Å². The molecule has 0 aliphatic carbocycles. The van der Waals surface area contributed by atoms with E-state index in [4.69, 9.17) is 22.1 Å². The molecule has 8 heteroatoms. The molecule has 0 amide bonds. The molecule has 1 aliphatic heterocycles. The van der Waals surface area contributed by atoms with Crippen LogP contribution in [0.5, 0.6) is 0 Å². The number of nitrogens with one attached hydrogen (secondary N) is 1. The maximum absolute atomic E-state index is 11.5. The van der Waals surface area contributed by atoms with E-state index < -0.39 is 36.7 Å². The van der Waals surface area contributed by atoms with Crippen molar-refractivity contribution >= 4 is 18.3 Å². The molecule has 2 rings (SSSR count). The molecule has 4 atom stereocenters. The number of aromatic nitrogens is 2. The average molecular weight is 286 g/mol. The molecule has 104 valence electrons. The third-order valence-corrected chi connectivity index (χ3v) is 3.32. The van der Waals surface area contributed by atoms with E-state index >= 15 is 0 Å². The molecule has 19 heavy (non-hydrogen) atoms. The molecule has 4 N–H and O–H groups in total.